The monoisotopic (exact) mass is 429 g/mol. The lowest BCUT2D eigenvalue weighted by Crippen LogP contribution is -2.32. The zero-order chi connectivity index (χ0) is 22.7. The van der Waals surface area contributed by atoms with Crippen molar-refractivity contribution in [2.24, 2.45) is 0 Å². The molecular formula is C24H23N5O3. The summed E-state index contributed by atoms with van der Waals surface area (Å²) in [5.41, 5.74) is 3.72. The van der Waals surface area contributed by atoms with Crippen LogP contribution in [-0.2, 0) is 4.79 Å². The summed E-state index contributed by atoms with van der Waals surface area (Å²) in [6.45, 7) is 5.74. The Labute approximate surface area is 184 Å². The van der Waals surface area contributed by atoms with Crippen molar-refractivity contribution in [1.82, 2.24) is 19.7 Å². The molecule has 32 heavy (non-hydrogen) atoms. The summed E-state index contributed by atoms with van der Waals surface area (Å²) in [5.74, 6) is 0.419. The quantitative estimate of drug-likeness (QED) is 0.493. The molecule has 0 saturated heterocycles. The molecule has 1 aromatic carbocycles. The molecule has 0 saturated carbocycles. The number of para-hydroxylation sites is 1. The van der Waals surface area contributed by atoms with Crippen molar-refractivity contribution in [1.29, 1.82) is 0 Å². The normalized spacial score (nSPS) is 11.8. The standard InChI is InChI=1S/C24H23N5O3/c1-4-19(23(31)26-21-15(2)6-5-7-16(21)3)29-14-18(8-9-20(29)30)24-27-22(28-32-24)17-10-12-25-13-11-17/h5-14,19H,4H2,1-3H3,(H,26,31)/t19-/m0/s1. The molecular weight excluding hydrogens is 406 g/mol. The first-order chi connectivity index (χ1) is 15.5. The van der Waals surface area contributed by atoms with Crippen LogP contribution in [0.1, 0.15) is 30.5 Å². The van der Waals surface area contributed by atoms with Gasteiger partial charge in [-0.2, -0.15) is 4.98 Å². The molecule has 1 atom stereocenters. The van der Waals surface area contributed by atoms with Crippen molar-refractivity contribution in [2.75, 3.05) is 5.32 Å². The van der Waals surface area contributed by atoms with Gasteiger partial charge in [-0.25, -0.2) is 0 Å². The number of hydrogen-bond acceptors (Lipinski definition) is 6. The second kappa shape index (κ2) is 8.97. The minimum atomic E-state index is -0.691. The first kappa shape index (κ1) is 21.2. The number of carbonyl (C=O) groups is 1. The minimum absolute atomic E-state index is 0.257. The van der Waals surface area contributed by atoms with Crippen LogP contribution in [0.25, 0.3) is 22.8 Å². The first-order valence-electron chi connectivity index (χ1n) is 10.3. The number of aryl methyl sites for hydroxylation is 2. The number of amides is 1. The van der Waals surface area contributed by atoms with Crippen molar-refractivity contribution in [3.8, 4) is 22.8 Å². The van der Waals surface area contributed by atoms with Crippen LogP contribution in [0.5, 0.6) is 0 Å². The molecule has 0 aliphatic heterocycles. The Bertz CT molecular complexity index is 1290. The number of benzene rings is 1. The fourth-order valence-corrected chi connectivity index (χ4v) is 3.56. The van der Waals surface area contributed by atoms with E-state index in [1.807, 2.05) is 39.0 Å². The molecule has 162 valence electrons. The van der Waals surface area contributed by atoms with E-state index >= 15 is 0 Å². The number of rotatable bonds is 6. The van der Waals surface area contributed by atoms with Crippen LogP contribution in [-0.4, -0.2) is 25.6 Å². The SMILES string of the molecule is CC[C@@H](C(=O)Nc1c(C)cccc1C)n1cc(-c2nc(-c3ccncc3)no2)ccc1=O. The summed E-state index contributed by atoms with van der Waals surface area (Å²) in [4.78, 5) is 34.1. The molecule has 3 aromatic heterocycles. The molecule has 0 unspecified atom stereocenters. The summed E-state index contributed by atoms with van der Waals surface area (Å²) in [7, 11) is 0. The Balaban J connectivity index is 1.65. The highest BCUT2D eigenvalue weighted by molar-refractivity contribution is 5.95. The Morgan fingerprint density at radius 1 is 1.06 bits per heavy atom. The Morgan fingerprint density at radius 2 is 1.78 bits per heavy atom. The fraction of sp³-hybridized carbons (Fsp3) is 0.208. The van der Waals surface area contributed by atoms with E-state index in [1.165, 1.54) is 10.6 Å². The Hall–Kier alpha value is -4.07. The zero-order valence-corrected chi connectivity index (χ0v) is 18.1. The first-order valence-corrected chi connectivity index (χ1v) is 10.3. The highest BCUT2D eigenvalue weighted by Gasteiger charge is 2.22. The number of aromatic nitrogens is 4. The van der Waals surface area contributed by atoms with E-state index in [2.05, 4.69) is 20.4 Å². The third-order valence-corrected chi connectivity index (χ3v) is 5.30. The van der Waals surface area contributed by atoms with Gasteiger partial charge in [0.2, 0.25) is 11.7 Å². The summed E-state index contributed by atoms with van der Waals surface area (Å²) >= 11 is 0. The molecule has 4 rings (SSSR count). The van der Waals surface area contributed by atoms with Gasteiger partial charge in [-0.1, -0.05) is 30.3 Å². The molecule has 1 N–H and O–H groups in total. The molecule has 1 amide bonds. The van der Waals surface area contributed by atoms with Gasteiger partial charge in [0.1, 0.15) is 6.04 Å². The lowest BCUT2D eigenvalue weighted by molar-refractivity contribution is -0.119. The topological polar surface area (TPSA) is 103 Å². The van der Waals surface area contributed by atoms with Gasteiger partial charge >= 0.3 is 0 Å². The summed E-state index contributed by atoms with van der Waals surface area (Å²) < 4.78 is 6.81. The Morgan fingerprint density at radius 3 is 2.47 bits per heavy atom. The number of nitrogens with one attached hydrogen (secondary N) is 1. The number of anilines is 1. The molecule has 0 radical (unpaired) electrons. The van der Waals surface area contributed by atoms with E-state index in [0.29, 0.717) is 17.8 Å². The highest BCUT2D eigenvalue weighted by Crippen LogP contribution is 2.24. The van der Waals surface area contributed by atoms with Crippen LogP contribution < -0.4 is 10.9 Å². The fourth-order valence-electron chi connectivity index (χ4n) is 3.56. The third kappa shape index (κ3) is 4.20. The molecule has 3 heterocycles. The molecule has 0 aliphatic rings. The van der Waals surface area contributed by atoms with Crippen LogP contribution in [0.2, 0.25) is 0 Å². The maximum Gasteiger partial charge on any atom is 0.259 e. The van der Waals surface area contributed by atoms with Crippen LogP contribution in [0.15, 0.2) is 70.4 Å². The van der Waals surface area contributed by atoms with Gasteiger partial charge < -0.3 is 14.4 Å². The maximum absolute atomic E-state index is 13.1. The van der Waals surface area contributed by atoms with Gasteiger partial charge in [0.25, 0.3) is 11.4 Å². The molecule has 8 nitrogen and oxygen atoms in total. The van der Waals surface area contributed by atoms with Crippen LogP contribution >= 0.6 is 0 Å². The lowest BCUT2D eigenvalue weighted by Gasteiger charge is -2.20. The summed E-state index contributed by atoms with van der Waals surface area (Å²) in [6.07, 6.45) is 5.31. The maximum atomic E-state index is 13.1. The molecule has 0 bridgehead atoms. The van der Waals surface area contributed by atoms with Gasteiger partial charge in [0.05, 0.1) is 5.56 Å². The average molecular weight is 429 g/mol. The van der Waals surface area contributed by atoms with Crippen molar-refractivity contribution >= 4 is 11.6 Å². The molecule has 4 aromatic rings. The Kier molecular flexibility index (Phi) is 5.93. The summed E-state index contributed by atoms with van der Waals surface area (Å²) in [6, 6.07) is 11.7. The van der Waals surface area contributed by atoms with Crippen LogP contribution in [0.4, 0.5) is 5.69 Å². The molecule has 0 aliphatic carbocycles. The van der Waals surface area contributed by atoms with Gasteiger partial charge in [-0.15, -0.1) is 0 Å². The molecule has 0 spiro atoms. The van der Waals surface area contributed by atoms with Crippen molar-refractivity contribution < 1.29 is 9.32 Å². The predicted molar refractivity (Wildman–Crippen MR) is 121 cm³/mol. The van der Waals surface area contributed by atoms with Gasteiger partial charge in [0.15, 0.2) is 0 Å². The van der Waals surface area contributed by atoms with E-state index in [0.717, 1.165) is 22.4 Å². The van der Waals surface area contributed by atoms with Gasteiger partial charge in [-0.05, 0) is 49.6 Å². The van der Waals surface area contributed by atoms with Crippen LogP contribution in [0.3, 0.4) is 0 Å². The number of pyridine rings is 2. The number of nitrogens with zero attached hydrogens (tertiary/aromatic N) is 4. The highest BCUT2D eigenvalue weighted by atomic mass is 16.5. The second-order valence-corrected chi connectivity index (χ2v) is 7.50. The zero-order valence-electron chi connectivity index (χ0n) is 18.1. The smallest absolute Gasteiger partial charge is 0.259 e. The van der Waals surface area contributed by atoms with Crippen molar-refractivity contribution in [3.05, 3.63) is 82.5 Å². The number of hydrogen-bond donors (Lipinski definition) is 1. The third-order valence-electron chi connectivity index (χ3n) is 5.30. The molecule has 0 fully saturated rings. The van der Waals surface area contributed by atoms with E-state index in [-0.39, 0.29) is 17.4 Å². The largest absolute Gasteiger partial charge is 0.334 e. The van der Waals surface area contributed by atoms with E-state index in [9.17, 15) is 9.59 Å². The van der Waals surface area contributed by atoms with Crippen molar-refractivity contribution in [3.63, 3.8) is 0 Å². The second-order valence-electron chi connectivity index (χ2n) is 7.50. The molecule has 8 heteroatoms. The van der Waals surface area contributed by atoms with E-state index in [4.69, 9.17) is 4.52 Å². The lowest BCUT2D eigenvalue weighted by atomic mass is 10.1. The van der Waals surface area contributed by atoms with Gasteiger partial charge in [-0.3, -0.25) is 14.6 Å². The van der Waals surface area contributed by atoms with Crippen molar-refractivity contribution in [2.45, 2.75) is 33.2 Å². The van der Waals surface area contributed by atoms with Crippen LogP contribution in [0, 0.1) is 13.8 Å². The van der Waals surface area contributed by atoms with E-state index in [1.54, 1.807) is 36.8 Å². The average Bonchev–Trinajstić information content (AvgIpc) is 3.29. The summed E-state index contributed by atoms with van der Waals surface area (Å²) in [5, 5.41) is 6.99. The number of carbonyl (C=O) groups excluding carboxylic acids is 1. The van der Waals surface area contributed by atoms with Gasteiger partial charge in [0, 0.05) is 35.9 Å². The predicted octanol–water partition coefficient (Wildman–Crippen LogP) is 4.17. The minimum Gasteiger partial charge on any atom is -0.334 e. The van der Waals surface area contributed by atoms with E-state index < -0.39 is 6.04 Å².